The maximum atomic E-state index is 12.7. The van der Waals surface area contributed by atoms with Gasteiger partial charge in [0.25, 0.3) is 5.91 Å². The Balaban J connectivity index is 1.68. The van der Waals surface area contributed by atoms with E-state index in [2.05, 4.69) is 20.5 Å². The Morgan fingerprint density at radius 2 is 2.00 bits per heavy atom. The predicted octanol–water partition coefficient (Wildman–Crippen LogP) is 2.71. The number of aryl methyl sites for hydroxylation is 2. The Kier molecular flexibility index (Phi) is 4.74. The van der Waals surface area contributed by atoms with E-state index in [9.17, 15) is 13.2 Å². The molecule has 30 heavy (non-hydrogen) atoms. The summed E-state index contributed by atoms with van der Waals surface area (Å²) in [6.45, 7) is 1.78. The number of sulfone groups is 1. The van der Waals surface area contributed by atoms with Crippen molar-refractivity contribution >= 4 is 32.5 Å². The molecule has 1 aromatic carbocycles. The molecule has 0 aliphatic heterocycles. The molecule has 0 saturated carbocycles. The molecule has 3 heterocycles. The van der Waals surface area contributed by atoms with Gasteiger partial charge in [0.1, 0.15) is 17.1 Å². The third-order valence-corrected chi connectivity index (χ3v) is 5.28. The molecule has 4 aromatic rings. The third kappa shape index (κ3) is 4.01. The molecular weight excluding hydrogens is 410 g/mol. The van der Waals surface area contributed by atoms with Crippen molar-refractivity contribution in [2.45, 2.75) is 11.8 Å². The summed E-state index contributed by atoms with van der Waals surface area (Å²) >= 11 is 0. The molecular formula is C19H17N5O5S. The molecule has 0 aliphatic carbocycles. The minimum atomic E-state index is -3.37. The Hall–Kier alpha value is -3.73. The summed E-state index contributed by atoms with van der Waals surface area (Å²) in [5.41, 5.74) is 0.743. The molecule has 1 amide bonds. The Bertz CT molecular complexity index is 1360. The van der Waals surface area contributed by atoms with E-state index in [1.54, 1.807) is 32.2 Å². The maximum Gasteiger partial charge on any atom is 0.257 e. The summed E-state index contributed by atoms with van der Waals surface area (Å²) in [6.07, 6.45) is 3.74. The summed E-state index contributed by atoms with van der Waals surface area (Å²) in [5, 5.41) is 11.2. The zero-order chi connectivity index (χ0) is 21.5. The van der Waals surface area contributed by atoms with Crippen LogP contribution in [-0.4, -0.2) is 40.6 Å². The van der Waals surface area contributed by atoms with Crippen molar-refractivity contribution in [3.05, 3.63) is 54.0 Å². The zero-order valence-electron chi connectivity index (χ0n) is 16.3. The van der Waals surface area contributed by atoms with Crippen LogP contribution in [0, 0.1) is 6.92 Å². The smallest absolute Gasteiger partial charge is 0.257 e. The second-order valence-electron chi connectivity index (χ2n) is 6.62. The van der Waals surface area contributed by atoms with E-state index in [4.69, 9.17) is 9.15 Å². The first-order valence-corrected chi connectivity index (χ1v) is 10.6. The van der Waals surface area contributed by atoms with Crippen molar-refractivity contribution in [3.8, 4) is 11.6 Å². The van der Waals surface area contributed by atoms with Gasteiger partial charge in [-0.05, 0) is 31.2 Å². The highest BCUT2D eigenvalue weighted by Crippen LogP contribution is 2.33. The standard InChI is InChI=1S/C19H17N5O5S/c1-11-6-14-15(28-11)7-12(19(25)22-17-10-21-24(2)23-17)8-16(14)29-18-5-4-13(9-20-18)30(3,26)27/h4-10H,1-3H3,(H,22,23,25). The molecule has 0 bridgehead atoms. The molecule has 4 rings (SSSR count). The fraction of sp³-hybridized carbons (Fsp3) is 0.158. The fourth-order valence-corrected chi connectivity index (χ4v) is 3.36. The number of fused-ring (bicyclic) bond motifs is 1. The molecule has 0 unspecified atom stereocenters. The van der Waals surface area contributed by atoms with Crippen LogP contribution < -0.4 is 10.1 Å². The van der Waals surface area contributed by atoms with Crippen LogP contribution in [0.2, 0.25) is 0 Å². The van der Waals surface area contributed by atoms with Crippen molar-refractivity contribution < 1.29 is 22.4 Å². The number of carbonyl (C=O) groups is 1. The summed E-state index contributed by atoms with van der Waals surface area (Å²) in [7, 11) is -1.73. The van der Waals surface area contributed by atoms with Gasteiger partial charge in [-0.15, -0.1) is 5.10 Å². The van der Waals surface area contributed by atoms with Gasteiger partial charge in [-0.1, -0.05) is 0 Å². The van der Waals surface area contributed by atoms with Gasteiger partial charge in [-0.25, -0.2) is 13.4 Å². The molecule has 1 N–H and O–H groups in total. The fourth-order valence-electron chi connectivity index (χ4n) is 2.80. The summed E-state index contributed by atoms with van der Waals surface area (Å²) in [6, 6.07) is 7.78. The Morgan fingerprint density at radius 1 is 1.20 bits per heavy atom. The highest BCUT2D eigenvalue weighted by molar-refractivity contribution is 7.90. The second-order valence-corrected chi connectivity index (χ2v) is 8.64. The lowest BCUT2D eigenvalue weighted by Gasteiger charge is -2.09. The van der Waals surface area contributed by atoms with Gasteiger partial charge in [0.15, 0.2) is 15.7 Å². The average Bonchev–Trinajstić information content (AvgIpc) is 3.25. The van der Waals surface area contributed by atoms with E-state index in [0.29, 0.717) is 28.3 Å². The van der Waals surface area contributed by atoms with Crippen LogP contribution in [0.15, 0.2) is 52.0 Å². The number of carbonyl (C=O) groups excluding carboxylic acids is 1. The summed E-state index contributed by atoms with van der Waals surface area (Å²) in [4.78, 5) is 18.1. The van der Waals surface area contributed by atoms with Crippen LogP contribution in [0.5, 0.6) is 11.6 Å². The van der Waals surface area contributed by atoms with Crippen LogP contribution >= 0.6 is 0 Å². The lowest BCUT2D eigenvalue weighted by Crippen LogP contribution is -2.12. The van der Waals surface area contributed by atoms with E-state index in [1.807, 2.05) is 0 Å². The number of benzene rings is 1. The summed E-state index contributed by atoms with van der Waals surface area (Å²) in [5.74, 6) is 1.04. The molecule has 0 spiro atoms. The number of hydrogen-bond donors (Lipinski definition) is 1. The van der Waals surface area contributed by atoms with E-state index in [1.165, 1.54) is 29.3 Å². The number of furan rings is 1. The zero-order valence-corrected chi connectivity index (χ0v) is 17.1. The normalized spacial score (nSPS) is 11.6. The minimum absolute atomic E-state index is 0.0799. The van der Waals surface area contributed by atoms with E-state index in [0.717, 1.165) is 6.26 Å². The van der Waals surface area contributed by atoms with Gasteiger partial charge in [0.2, 0.25) is 5.88 Å². The van der Waals surface area contributed by atoms with Gasteiger partial charge >= 0.3 is 0 Å². The lowest BCUT2D eigenvalue weighted by atomic mass is 10.1. The second kappa shape index (κ2) is 7.26. The van der Waals surface area contributed by atoms with Crippen LogP contribution in [0.25, 0.3) is 11.0 Å². The van der Waals surface area contributed by atoms with Gasteiger partial charge < -0.3 is 14.5 Å². The molecule has 11 heteroatoms. The van der Waals surface area contributed by atoms with Gasteiger partial charge in [0.05, 0.1) is 16.5 Å². The van der Waals surface area contributed by atoms with Crippen molar-refractivity contribution in [1.29, 1.82) is 0 Å². The molecule has 3 aromatic heterocycles. The average molecular weight is 427 g/mol. The maximum absolute atomic E-state index is 12.7. The van der Waals surface area contributed by atoms with Crippen LogP contribution in [0.1, 0.15) is 16.1 Å². The van der Waals surface area contributed by atoms with E-state index in [-0.39, 0.29) is 16.3 Å². The van der Waals surface area contributed by atoms with Gasteiger partial charge in [0, 0.05) is 31.1 Å². The molecule has 154 valence electrons. The van der Waals surface area contributed by atoms with Crippen LogP contribution in [-0.2, 0) is 16.9 Å². The molecule has 0 saturated heterocycles. The monoisotopic (exact) mass is 427 g/mol. The first kappa shape index (κ1) is 19.6. The highest BCUT2D eigenvalue weighted by atomic mass is 32.2. The quantitative estimate of drug-likeness (QED) is 0.515. The topological polar surface area (TPSA) is 129 Å². The molecule has 0 aliphatic rings. The van der Waals surface area contributed by atoms with Crippen molar-refractivity contribution in [2.24, 2.45) is 7.05 Å². The largest absolute Gasteiger partial charge is 0.461 e. The van der Waals surface area contributed by atoms with Crippen molar-refractivity contribution in [3.63, 3.8) is 0 Å². The number of nitrogens with one attached hydrogen (secondary N) is 1. The van der Waals surface area contributed by atoms with Crippen molar-refractivity contribution in [1.82, 2.24) is 20.0 Å². The molecule has 0 radical (unpaired) electrons. The van der Waals surface area contributed by atoms with Gasteiger partial charge in [-0.2, -0.15) is 9.90 Å². The van der Waals surface area contributed by atoms with Crippen molar-refractivity contribution in [2.75, 3.05) is 11.6 Å². The van der Waals surface area contributed by atoms with E-state index < -0.39 is 15.7 Å². The minimum Gasteiger partial charge on any atom is -0.461 e. The van der Waals surface area contributed by atoms with Crippen LogP contribution in [0.4, 0.5) is 5.82 Å². The number of anilines is 1. The number of hydrogen-bond acceptors (Lipinski definition) is 8. The highest BCUT2D eigenvalue weighted by Gasteiger charge is 2.17. The Labute approximate surface area is 171 Å². The summed E-state index contributed by atoms with van der Waals surface area (Å²) < 4.78 is 34.7. The number of amides is 1. The number of aromatic nitrogens is 4. The molecule has 0 fully saturated rings. The SMILES string of the molecule is Cc1cc2c(Oc3ccc(S(C)(=O)=O)cn3)cc(C(=O)Nc3cnn(C)n3)cc2o1. The number of nitrogens with zero attached hydrogens (tertiary/aromatic N) is 4. The van der Waals surface area contributed by atoms with Crippen LogP contribution in [0.3, 0.4) is 0 Å². The lowest BCUT2D eigenvalue weighted by molar-refractivity contribution is 0.102. The number of rotatable bonds is 5. The Morgan fingerprint density at radius 3 is 2.63 bits per heavy atom. The molecule has 10 nitrogen and oxygen atoms in total. The van der Waals surface area contributed by atoms with Gasteiger partial charge in [-0.3, -0.25) is 4.79 Å². The first-order chi connectivity index (χ1) is 14.2. The number of ether oxygens (including phenoxy) is 1. The van der Waals surface area contributed by atoms with E-state index >= 15 is 0 Å². The predicted molar refractivity (Wildman–Crippen MR) is 107 cm³/mol. The third-order valence-electron chi connectivity index (χ3n) is 4.18. The number of pyridine rings is 1. The molecule has 0 atom stereocenters. The first-order valence-electron chi connectivity index (χ1n) is 8.75.